The lowest BCUT2D eigenvalue weighted by molar-refractivity contribution is 0.0987. The van der Waals surface area contributed by atoms with Crippen molar-refractivity contribution in [3.05, 3.63) is 40.8 Å². The number of fused-ring (bicyclic) bond motifs is 1. The maximum atomic E-state index is 12.3. The van der Waals surface area contributed by atoms with E-state index in [9.17, 15) is 4.79 Å². The highest BCUT2D eigenvalue weighted by Gasteiger charge is 2.20. The number of nitrogens with zero attached hydrogens (tertiary/aromatic N) is 4. The molecule has 0 saturated carbocycles. The maximum Gasteiger partial charge on any atom is 0.279 e. The molecule has 0 aliphatic heterocycles. The van der Waals surface area contributed by atoms with Gasteiger partial charge < -0.3 is 4.57 Å². The topological polar surface area (TPSA) is 51.0 Å². The molecule has 2 aromatic heterocycles. The molecular formula is C13H12N4OS. The lowest BCUT2D eigenvalue weighted by atomic mass is 10.3. The highest BCUT2D eigenvalue weighted by Crippen LogP contribution is 2.21. The minimum atomic E-state index is -0.153. The third kappa shape index (κ3) is 1.90. The van der Waals surface area contributed by atoms with E-state index in [-0.39, 0.29) is 5.91 Å². The summed E-state index contributed by atoms with van der Waals surface area (Å²) in [6.07, 6.45) is 0. The third-order valence-corrected chi connectivity index (χ3v) is 3.61. The Bertz CT molecular complexity index is 732. The Morgan fingerprint density at radius 3 is 2.84 bits per heavy atom. The van der Waals surface area contributed by atoms with E-state index >= 15 is 0 Å². The van der Waals surface area contributed by atoms with Crippen LogP contribution in [0.3, 0.4) is 0 Å². The Morgan fingerprint density at radius 1 is 1.37 bits per heavy atom. The minimum absolute atomic E-state index is 0.153. The number of hydrogen-bond acceptors (Lipinski definition) is 4. The van der Waals surface area contributed by atoms with Crippen LogP contribution < -0.4 is 4.90 Å². The van der Waals surface area contributed by atoms with Gasteiger partial charge in [0.15, 0.2) is 0 Å². The molecule has 0 bridgehead atoms. The van der Waals surface area contributed by atoms with Crippen LogP contribution in [0.25, 0.3) is 11.0 Å². The Balaban J connectivity index is 2.04. The Kier molecular flexibility index (Phi) is 2.79. The fourth-order valence-electron chi connectivity index (χ4n) is 2.01. The van der Waals surface area contributed by atoms with Gasteiger partial charge in [0.2, 0.25) is 5.95 Å². The van der Waals surface area contributed by atoms with Gasteiger partial charge >= 0.3 is 0 Å². The van der Waals surface area contributed by atoms with E-state index in [0.717, 1.165) is 11.0 Å². The summed E-state index contributed by atoms with van der Waals surface area (Å²) in [5.41, 5.74) is 3.96. The van der Waals surface area contributed by atoms with E-state index in [1.54, 1.807) is 17.9 Å². The van der Waals surface area contributed by atoms with Crippen LogP contribution in [-0.2, 0) is 7.05 Å². The van der Waals surface area contributed by atoms with Crippen LogP contribution in [-0.4, -0.2) is 27.5 Å². The number of imidazole rings is 1. The second-order valence-electron chi connectivity index (χ2n) is 4.20. The van der Waals surface area contributed by atoms with Crippen LogP contribution in [0.4, 0.5) is 5.95 Å². The minimum Gasteiger partial charge on any atom is -0.313 e. The quantitative estimate of drug-likeness (QED) is 0.719. The molecule has 6 heteroatoms. The molecule has 0 fully saturated rings. The molecule has 19 heavy (non-hydrogen) atoms. The Labute approximate surface area is 114 Å². The SMILES string of the molecule is CN(C(=O)c1cscn1)c1nc2ccccc2n1C. The van der Waals surface area contributed by atoms with Crippen LogP contribution in [0, 0.1) is 0 Å². The average molecular weight is 272 g/mol. The lowest BCUT2D eigenvalue weighted by Crippen LogP contribution is -2.28. The van der Waals surface area contributed by atoms with Crippen LogP contribution >= 0.6 is 11.3 Å². The number of aryl methyl sites for hydroxylation is 1. The first-order chi connectivity index (χ1) is 9.18. The molecule has 0 atom stereocenters. The molecule has 3 aromatic rings. The van der Waals surface area contributed by atoms with Crippen LogP contribution in [0.2, 0.25) is 0 Å². The number of carbonyl (C=O) groups is 1. The van der Waals surface area contributed by atoms with Gasteiger partial charge in [-0.1, -0.05) is 12.1 Å². The van der Waals surface area contributed by atoms with Crippen molar-refractivity contribution < 1.29 is 4.79 Å². The molecule has 0 aliphatic rings. The molecule has 1 amide bonds. The van der Waals surface area contributed by atoms with E-state index in [4.69, 9.17) is 0 Å². The molecule has 0 radical (unpaired) electrons. The number of amides is 1. The number of carbonyl (C=O) groups excluding carboxylic acids is 1. The van der Waals surface area contributed by atoms with E-state index in [1.807, 2.05) is 35.9 Å². The highest BCUT2D eigenvalue weighted by molar-refractivity contribution is 7.07. The summed E-state index contributed by atoms with van der Waals surface area (Å²) >= 11 is 1.40. The van der Waals surface area contributed by atoms with Gasteiger partial charge in [0.05, 0.1) is 16.5 Å². The fourth-order valence-corrected chi connectivity index (χ4v) is 2.54. The first kappa shape index (κ1) is 11.9. The Hall–Kier alpha value is -2.21. The van der Waals surface area contributed by atoms with E-state index in [1.165, 1.54) is 16.2 Å². The number of hydrogen-bond donors (Lipinski definition) is 0. The molecule has 0 aliphatic carbocycles. The zero-order chi connectivity index (χ0) is 13.4. The first-order valence-electron chi connectivity index (χ1n) is 5.76. The van der Waals surface area contributed by atoms with Gasteiger partial charge in [-0.05, 0) is 12.1 Å². The number of rotatable bonds is 2. The number of para-hydroxylation sites is 2. The van der Waals surface area contributed by atoms with Crippen LogP contribution in [0.5, 0.6) is 0 Å². The van der Waals surface area contributed by atoms with Gasteiger partial charge in [-0.25, -0.2) is 9.97 Å². The lowest BCUT2D eigenvalue weighted by Gasteiger charge is -2.14. The molecule has 0 unspecified atom stereocenters. The average Bonchev–Trinajstić information content (AvgIpc) is 3.06. The number of aromatic nitrogens is 3. The summed E-state index contributed by atoms with van der Waals surface area (Å²) in [6.45, 7) is 0. The van der Waals surface area contributed by atoms with Crippen molar-refractivity contribution in [2.45, 2.75) is 0 Å². The number of thiazole rings is 1. The second-order valence-corrected chi connectivity index (χ2v) is 4.92. The van der Waals surface area contributed by atoms with Crippen molar-refractivity contribution in [3.8, 4) is 0 Å². The molecule has 5 nitrogen and oxygen atoms in total. The highest BCUT2D eigenvalue weighted by atomic mass is 32.1. The monoisotopic (exact) mass is 272 g/mol. The summed E-state index contributed by atoms with van der Waals surface area (Å²) in [7, 11) is 3.61. The smallest absolute Gasteiger partial charge is 0.279 e. The third-order valence-electron chi connectivity index (χ3n) is 3.02. The largest absolute Gasteiger partial charge is 0.313 e. The van der Waals surface area contributed by atoms with Crippen molar-refractivity contribution in [3.63, 3.8) is 0 Å². The summed E-state index contributed by atoms with van der Waals surface area (Å²) in [5.74, 6) is 0.457. The van der Waals surface area contributed by atoms with Gasteiger partial charge in [0.25, 0.3) is 5.91 Å². The zero-order valence-electron chi connectivity index (χ0n) is 10.6. The number of benzene rings is 1. The molecular weight excluding hydrogens is 260 g/mol. The zero-order valence-corrected chi connectivity index (χ0v) is 11.4. The van der Waals surface area contributed by atoms with Gasteiger partial charge in [-0.2, -0.15) is 0 Å². The standard InChI is InChI=1S/C13H12N4OS/c1-16-11-6-4-3-5-9(11)15-13(16)17(2)12(18)10-7-19-8-14-10/h3-8H,1-2H3. The predicted octanol–water partition coefficient (Wildman–Crippen LogP) is 2.31. The van der Waals surface area contributed by atoms with Crippen LogP contribution in [0.15, 0.2) is 35.2 Å². The van der Waals surface area contributed by atoms with Gasteiger partial charge in [-0.3, -0.25) is 9.69 Å². The summed E-state index contributed by atoms with van der Waals surface area (Å²) in [4.78, 5) is 22.3. The number of anilines is 1. The molecule has 96 valence electrons. The molecule has 3 rings (SSSR count). The van der Waals surface area contributed by atoms with E-state index in [2.05, 4.69) is 9.97 Å². The van der Waals surface area contributed by atoms with Crippen molar-refractivity contribution in [1.82, 2.24) is 14.5 Å². The van der Waals surface area contributed by atoms with Gasteiger partial charge in [-0.15, -0.1) is 11.3 Å². The first-order valence-corrected chi connectivity index (χ1v) is 6.70. The van der Waals surface area contributed by atoms with E-state index < -0.39 is 0 Å². The van der Waals surface area contributed by atoms with Crippen molar-refractivity contribution in [2.24, 2.45) is 7.05 Å². The van der Waals surface area contributed by atoms with E-state index in [0.29, 0.717) is 11.6 Å². The summed E-state index contributed by atoms with van der Waals surface area (Å²) in [6, 6.07) is 7.80. The van der Waals surface area contributed by atoms with Crippen LogP contribution in [0.1, 0.15) is 10.5 Å². The normalized spacial score (nSPS) is 10.8. The van der Waals surface area contributed by atoms with Gasteiger partial charge in [0, 0.05) is 19.5 Å². The fraction of sp³-hybridized carbons (Fsp3) is 0.154. The van der Waals surface area contributed by atoms with Gasteiger partial charge in [0.1, 0.15) is 5.69 Å². The summed E-state index contributed by atoms with van der Waals surface area (Å²) in [5, 5.41) is 1.74. The molecule has 0 spiro atoms. The molecule has 0 saturated heterocycles. The van der Waals surface area contributed by atoms with Crippen molar-refractivity contribution in [1.29, 1.82) is 0 Å². The predicted molar refractivity (Wildman–Crippen MR) is 75.6 cm³/mol. The van der Waals surface area contributed by atoms with Crippen molar-refractivity contribution >= 4 is 34.2 Å². The Morgan fingerprint density at radius 2 is 2.16 bits per heavy atom. The van der Waals surface area contributed by atoms with Crippen molar-refractivity contribution in [2.75, 3.05) is 11.9 Å². The summed E-state index contributed by atoms with van der Waals surface area (Å²) < 4.78 is 1.90. The molecule has 0 N–H and O–H groups in total. The molecule has 2 heterocycles. The second kappa shape index (κ2) is 4.47. The molecule has 1 aromatic carbocycles. The maximum absolute atomic E-state index is 12.3.